The number of halogens is 2. The Balaban J connectivity index is 3.41. The van der Waals surface area contributed by atoms with E-state index in [-0.39, 0.29) is 5.56 Å². The van der Waals surface area contributed by atoms with Gasteiger partial charge in [0.1, 0.15) is 0 Å². The van der Waals surface area contributed by atoms with Crippen LogP contribution in [0.1, 0.15) is 5.56 Å². The maximum Gasteiger partial charge on any atom is 0.376 e. The number of nitrogens with zero attached hydrogens (tertiary/aromatic N) is 1. The summed E-state index contributed by atoms with van der Waals surface area (Å²) >= 11 is 5.90. The zero-order valence-electron chi connectivity index (χ0n) is 7.31. The standard InChI is InChI=1S/C8H6Br2N2O3/c9-6-4-2-1-3-5(6)8(10,7(11)13)12(14)15/h1-4H,(H2,11,13). The molecule has 0 aliphatic heterocycles. The average molecular weight is 338 g/mol. The highest BCUT2D eigenvalue weighted by Gasteiger charge is 2.50. The molecule has 1 atom stereocenters. The van der Waals surface area contributed by atoms with E-state index in [0.29, 0.717) is 4.47 Å². The summed E-state index contributed by atoms with van der Waals surface area (Å²) in [6.07, 6.45) is 0. The van der Waals surface area contributed by atoms with E-state index in [1.54, 1.807) is 18.2 Å². The molecule has 5 nitrogen and oxygen atoms in total. The molecule has 0 heterocycles. The zero-order valence-corrected chi connectivity index (χ0v) is 10.5. The van der Waals surface area contributed by atoms with Crippen LogP contribution in [0.25, 0.3) is 0 Å². The third-order valence-electron chi connectivity index (χ3n) is 1.81. The molecule has 0 fully saturated rings. The molecule has 15 heavy (non-hydrogen) atoms. The molecule has 0 aliphatic carbocycles. The van der Waals surface area contributed by atoms with Crippen LogP contribution in [0.2, 0.25) is 0 Å². The quantitative estimate of drug-likeness (QED) is 0.394. The normalized spacial score (nSPS) is 14.3. The number of primary amides is 1. The second kappa shape index (κ2) is 4.28. The first-order valence-electron chi connectivity index (χ1n) is 3.79. The predicted octanol–water partition coefficient (Wildman–Crippen LogP) is 1.76. The molecule has 0 aromatic heterocycles. The largest absolute Gasteiger partial charge is 0.376 e. The summed E-state index contributed by atoms with van der Waals surface area (Å²) in [5.41, 5.74) is 5.19. The van der Waals surface area contributed by atoms with Crippen LogP contribution in [0, 0.1) is 10.1 Å². The van der Waals surface area contributed by atoms with Gasteiger partial charge in [0.05, 0.1) is 10.5 Å². The second-order valence-corrected chi connectivity index (χ2v) is 4.73. The number of carbonyl (C=O) groups excluding carboxylic acids is 1. The Morgan fingerprint density at radius 3 is 2.40 bits per heavy atom. The number of rotatable bonds is 3. The lowest BCUT2D eigenvalue weighted by molar-refractivity contribution is -0.526. The van der Waals surface area contributed by atoms with Gasteiger partial charge in [0.2, 0.25) is 0 Å². The lowest BCUT2D eigenvalue weighted by atomic mass is 10.1. The van der Waals surface area contributed by atoms with Gasteiger partial charge in [-0.1, -0.05) is 28.1 Å². The van der Waals surface area contributed by atoms with Crippen molar-refractivity contribution in [3.8, 4) is 0 Å². The van der Waals surface area contributed by atoms with Gasteiger partial charge in [0.15, 0.2) is 0 Å². The number of carbonyl (C=O) groups is 1. The summed E-state index contributed by atoms with van der Waals surface area (Å²) in [7, 11) is 0. The third kappa shape index (κ3) is 2.03. The van der Waals surface area contributed by atoms with Crippen molar-refractivity contribution in [2.24, 2.45) is 5.73 Å². The molecule has 0 bridgehead atoms. The van der Waals surface area contributed by atoms with E-state index in [1.807, 2.05) is 0 Å². The summed E-state index contributed by atoms with van der Waals surface area (Å²) in [5.74, 6) is -1.07. The maximum atomic E-state index is 11.1. The molecule has 7 heteroatoms. The highest BCUT2D eigenvalue weighted by Crippen LogP contribution is 2.36. The zero-order chi connectivity index (χ0) is 11.6. The first-order valence-corrected chi connectivity index (χ1v) is 5.37. The summed E-state index contributed by atoms with van der Waals surface area (Å²) < 4.78 is -1.65. The van der Waals surface area contributed by atoms with Gasteiger partial charge in [-0.2, -0.15) is 0 Å². The number of hydrogen-bond acceptors (Lipinski definition) is 3. The smallest absolute Gasteiger partial charge is 0.362 e. The number of nitrogens with two attached hydrogens (primary N) is 1. The summed E-state index contributed by atoms with van der Waals surface area (Å²) in [5, 5.41) is 10.9. The Labute approximate surface area is 102 Å². The molecule has 2 N–H and O–H groups in total. The molecule has 1 aromatic rings. The van der Waals surface area contributed by atoms with Crippen molar-refractivity contribution in [1.82, 2.24) is 0 Å². The molecule has 0 saturated heterocycles. The van der Waals surface area contributed by atoms with Crippen molar-refractivity contribution in [3.63, 3.8) is 0 Å². The molecular formula is C8H6Br2N2O3. The Morgan fingerprint density at radius 2 is 2.00 bits per heavy atom. The molecule has 0 radical (unpaired) electrons. The molecule has 1 rings (SSSR count). The van der Waals surface area contributed by atoms with E-state index in [0.717, 1.165) is 0 Å². The van der Waals surface area contributed by atoms with E-state index in [1.165, 1.54) is 6.07 Å². The second-order valence-electron chi connectivity index (χ2n) is 2.72. The summed E-state index contributed by atoms with van der Waals surface area (Å²) in [6.45, 7) is 0. The summed E-state index contributed by atoms with van der Waals surface area (Å²) in [4.78, 5) is 21.2. The van der Waals surface area contributed by atoms with Gasteiger partial charge in [0, 0.05) is 20.4 Å². The molecular weight excluding hydrogens is 332 g/mol. The van der Waals surface area contributed by atoms with Crippen LogP contribution in [0.3, 0.4) is 0 Å². The molecule has 0 spiro atoms. The van der Waals surface area contributed by atoms with Gasteiger partial charge in [0.25, 0.3) is 0 Å². The number of benzene rings is 1. The molecule has 80 valence electrons. The van der Waals surface area contributed by atoms with E-state index in [2.05, 4.69) is 31.9 Å². The van der Waals surface area contributed by atoms with Gasteiger partial charge in [-0.25, -0.2) is 0 Å². The average Bonchev–Trinajstić information content (AvgIpc) is 2.16. The first-order chi connectivity index (χ1) is 6.90. The van der Waals surface area contributed by atoms with E-state index in [4.69, 9.17) is 5.73 Å². The van der Waals surface area contributed by atoms with E-state index >= 15 is 0 Å². The Bertz CT molecular complexity index is 408. The monoisotopic (exact) mass is 336 g/mol. The first kappa shape index (κ1) is 12.1. The van der Waals surface area contributed by atoms with Crippen LogP contribution in [0.5, 0.6) is 0 Å². The fourth-order valence-corrected chi connectivity index (χ4v) is 2.23. The number of nitro groups is 1. The van der Waals surface area contributed by atoms with Crippen molar-refractivity contribution in [3.05, 3.63) is 44.4 Å². The Hall–Kier alpha value is -0.950. The topological polar surface area (TPSA) is 86.2 Å². The maximum absolute atomic E-state index is 11.1. The molecule has 0 saturated carbocycles. The van der Waals surface area contributed by atoms with Crippen LogP contribution in [-0.4, -0.2) is 10.8 Å². The molecule has 1 unspecified atom stereocenters. The minimum atomic E-state index is -2.09. The highest BCUT2D eigenvalue weighted by molar-refractivity contribution is 9.11. The van der Waals surface area contributed by atoms with Gasteiger partial charge >= 0.3 is 10.4 Å². The molecule has 0 aliphatic rings. The fourth-order valence-electron chi connectivity index (χ4n) is 1.05. The molecule has 1 aromatic carbocycles. The van der Waals surface area contributed by atoms with Crippen LogP contribution in [0.15, 0.2) is 28.7 Å². The lowest BCUT2D eigenvalue weighted by Gasteiger charge is -2.16. The Kier molecular flexibility index (Phi) is 3.46. The van der Waals surface area contributed by atoms with Crippen molar-refractivity contribution in [2.45, 2.75) is 4.45 Å². The summed E-state index contributed by atoms with van der Waals surface area (Å²) in [6, 6.07) is 6.31. The van der Waals surface area contributed by atoms with Crippen molar-refractivity contribution < 1.29 is 9.72 Å². The van der Waals surface area contributed by atoms with Gasteiger partial charge < -0.3 is 5.73 Å². The SMILES string of the molecule is NC(=O)C(Br)(c1ccccc1Br)[N+](=O)[O-]. The van der Waals surface area contributed by atoms with Crippen molar-refractivity contribution in [1.29, 1.82) is 0 Å². The van der Waals surface area contributed by atoms with Crippen LogP contribution in [-0.2, 0) is 9.24 Å². The lowest BCUT2D eigenvalue weighted by Crippen LogP contribution is -2.42. The van der Waals surface area contributed by atoms with Crippen molar-refractivity contribution in [2.75, 3.05) is 0 Å². The highest BCUT2D eigenvalue weighted by atomic mass is 79.9. The number of amides is 1. The van der Waals surface area contributed by atoms with E-state index < -0.39 is 15.3 Å². The predicted molar refractivity (Wildman–Crippen MR) is 60.9 cm³/mol. The van der Waals surface area contributed by atoms with E-state index in [9.17, 15) is 14.9 Å². The van der Waals surface area contributed by atoms with Crippen LogP contribution >= 0.6 is 31.9 Å². The van der Waals surface area contributed by atoms with Gasteiger partial charge in [-0.3, -0.25) is 14.9 Å². The van der Waals surface area contributed by atoms with Crippen molar-refractivity contribution >= 4 is 37.8 Å². The minimum Gasteiger partial charge on any atom is -0.362 e. The van der Waals surface area contributed by atoms with Gasteiger partial charge in [-0.05, 0) is 12.1 Å². The minimum absolute atomic E-state index is 0.169. The number of hydrogen-bond donors (Lipinski definition) is 1. The van der Waals surface area contributed by atoms with Crippen LogP contribution in [0.4, 0.5) is 0 Å². The van der Waals surface area contributed by atoms with Gasteiger partial charge in [-0.15, -0.1) is 0 Å². The number of alkyl halides is 1. The Morgan fingerprint density at radius 1 is 1.47 bits per heavy atom. The van der Waals surface area contributed by atoms with Crippen LogP contribution < -0.4 is 5.73 Å². The fraction of sp³-hybridized carbons (Fsp3) is 0.125. The molecule has 1 amide bonds. The third-order valence-corrected chi connectivity index (χ3v) is 3.61.